The van der Waals surface area contributed by atoms with E-state index in [0.717, 1.165) is 57.8 Å². The molecule has 0 spiro atoms. The number of carbonyl (C=O) groups is 2. The molecule has 7 unspecified atom stereocenters. The fraction of sp³-hybridized carbons (Fsp3) is 0.865. The van der Waals surface area contributed by atoms with Crippen LogP contribution in [0.2, 0.25) is 0 Å². The minimum Gasteiger partial charge on any atom is -0.466 e. The zero-order chi connectivity index (χ0) is 61.6. The van der Waals surface area contributed by atoms with Gasteiger partial charge in [0.1, 0.15) is 24.4 Å². The zero-order valence-corrected chi connectivity index (χ0v) is 55.3. The van der Waals surface area contributed by atoms with Crippen LogP contribution in [0.15, 0.2) is 48.6 Å². The van der Waals surface area contributed by atoms with E-state index in [1.54, 1.807) is 6.08 Å². The minimum absolute atomic E-state index is 0.0107. The number of hydrogen-bond donors (Lipinski definition) is 6. The van der Waals surface area contributed by atoms with Crippen molar-refractivity contribution >= 4 is 11.9 Å². The van der Waals surface area contributed by atoms with Crippen LogP contribution in [-0.2, 0) is 23.8 Å². The number of carbonyl (C=O) groups excluding carboxylic acids is 2. The molecule has 0 aliphatic carbocycles. The summed E-state index contributed by atoms with van der Waals surface area (Å²) < 4.78 is 16.7. The van der Waals surface area contributed by atoms with Gasteiger partial charge in [0, 0.05) is 12.8 Å². The molecule has 0 radical (unpaired) electrons. The Morgan fingerprint density at radius 2 is 0.800 bits per heavy atom. The van der Waals surface area contributed by atoms with Crippen LogP contribution in [-0.4, -0.2) is 100 Å². The fourth-order valence-electron chi connectivity index (χ4n) is 11.4. The maximum atomic E-state index is 13.0. The predicted molar refractivity (Wildman–Crippen MR) is 357 cm³/mol. The Hall–Kier alpha value is -2.38. The van der Waals surface area contributed by atoms with E-state index in [-0.39, 0.29) is 18.5 Å². The zero-order valence-electron chi connectivity index (χ0n) is 55.3. The molecule has 1 fully saturated rings. The fourth-order valence-corrected chi connectivity index (χ4v) is 11.4. The van der Waals surface area contributed by atoms with E-state index in [9.17, 15) is 35.1 Å². The highest BCUT2D eigenvalue weighted by molar-refractivity contribution is 5.76. The molecular weight excluding hydrogens is 1060 g/mol. The summed E-state index contributed by atoms with van der Waals surface area (Å²) in [5.41, 5.74) is 0. The molecule has 6 N–H and O–H groups in total. The first-order valence-corrected chi connectivity index (χ1v) is 36.4. The molecule has 1 aliphatic heterocycles. The third kappa shape index (κ3) is 52.1. The van der Waals surface area contributed by atoms with Gasteiger partial charge < -0.3 is 45.1 Å². The monoisotopic (exact) mass is 1200 g/mol. The summed E-state index contributed by atoms with van der Waals surface area (Å²) in [5, 5.41) is 54.3. The molecule has 0 bridgehead atoms. The van der Waals surface area contributed by atoms with Crippen molar-refractivity contribution in [3.05, 3.63) is 48.6 Å². The van der Waals surface area contributed by atoms with Crippen molar-refractivity contribution in [2.75, 3.05) is 19.8 Å². The summed E-state index contributed by atoms with van der Waals surface area (Å²) in [4.78, 5) is 25.1. The third-order valence-electron chi connectivity index (χ3n) is 17.2. The van der Waals surface area contributed by atoms with Gasteiger partial charge in [-0.1, -0.05) is 306 Å². The van der Waals surface area contributed by atoms with Gasteiger partial charge >= 0.3 is 5.97 Å². The molecule has 7 atom stereocenters. The first kappa shape index (κ1) is 80.6. The largest absolute Gasteiger partial charge is 0.466 e. The van der Waals surface area contributed by atoms with Crippen LogP contribution >= 0.6 is 0 Å². The molecular formula is C74H137NO10. The second-order valence-electron chi connectivity index (χ2n) is 25.3. The Bertz CT molecular complexity index is 1550. The van der Waals surface area contributed by atoms with E-state index < -0.39 is 49.5 Å². The first-order chi connectivity index (χ1) is 41.7. The molecule has 0 saturated carbocycles. The molecule has 1 rings (SSSR count). The summed E-state index contributed by atoms with van der Waals surface area (Å²) in [6.45, 7) is 4.32. The lowest BCUT2D eigenvalue weighted by atomic mass is 9.99. The molecule has 1 aliphatic rings. The topological polar surface area (TPSA) is 175 Å². The Labute approximate surface area is 523 Å². The Kier molecular flexibility index (Phi) is 60.0. The summed E-state index contributed by atoms with van der Waals surface area (Å²) in [6.07, 6.45) is 72.8. The number of amides is 1. The number of nitrogens with one attached hydrogen (secondary N) is 1. The van der Waals surface area contributed by atoms with Crippen molar-refractivity contribution in [3.63, 3.8) is 0 Å². The first-order valence-electron chi connectivity index (χ1n) is 36.4. The second kappa shape index (κ2) is 63.2. The highest BCUT2D eigenvalue weighted by atomic mass is 16.7. The number of aliphatic hydroxyl groups is 5. The maximum absolute atomic E-state index is 13.0. The second-order valence-corrected chi connectivity index (χ2v) is 25.3. The average Bonchev–Trinajstić information content (AvgIpc) is 3.31. The van der Waals surface area contributed by atoms with Gasteiger partial charge in [-0.05, 0) is 77.0 Å². The Balaban J connectivity index is 1.92. The lowest BCUT2D eigenvalue weighted by Gasteiger charge is -2.40. The molecule has 1 saturated heterocycles. The minimum atomic E-state index is -1.58. The van der Waals surface area contributed by atoms with E-state index in [0.29, 0.717) is 19.4 Å². The molecule has 0 aromatic rings. The summed E-state index contributed by atoms with van der Waals surface area (Å²) in [5.74, 6) is -0.180. The average molecular weight is 1200 g/mol. The summed E-state index contributed by atoms with van der Waals surface area (Å²) >= 11 is 0. The highest BCUT2D eigenvalue weighted by Gasteiger charge is 2.44. The van der Waals surface area contributed by atoms with Gasteiger partial charge in [-0.15, -0.1) is 0 Å². The highest BCUT2D eigenvalue weighted by Crippen LogP contribution is 2.23. The summed E-state index contributed by atoms with van der Waals surface area (Å²) in [6, 6.07) is -0.825. The molecule has 0 aromatic heterocycles. The molecule has 0 aromatic carbocycles. The smallest absolute Gasteiger partial charge is 0.305 e. The number of ether oxygens (including phenoxy) is 3. The van der Waals surface area contributed by atoms with Crippen molar-refractivity contribution in [1.29, 1.82) is 0 Å². The van der Waals surface area contributed by atoms with Crippen LogP contribution < -0.4 is 5.32 Å². The predicted octanol–water partition coefficient (Wildman–Crippen LogP) is 18.7. The van der Waals surface area contributed by atoms with Crippen molar-refractivity contribution < 1.29 is 49.3 Å². The third-order valence-corrected chi connectivity index (χ3v) is 17.2. The number of aliphatic hydroxyl groups excluding tert-OH is 5. The van der Waals surface area contributed by atoms with Crippen LogP contribution in [0, 0.1) is 0 Å². The standard InChI is InChI=1S/C74H137NO10/c1-3-5-7-9-11-13-15-42-46-50-54-58-62-70(79)83-63-59-55-51-47-43-40-38-36-34-32-30-28-26-24-22-20-18-16-17-19-21-23-25-27-29-31-33-35-37-39-41-45-49-53-57-61-69(78)75-66(65-84-74-73(82)72(81)71(80)68(64-76)85-74)67(77)60-56-52-48-44-14-12-10-8-6-4-2/h14,18,20,24,26,44,56,60,66-68,71-74,76-77,80-82H,3-13,15-17,19,21-23,25,27-43,45-55,57-59,61-65H2,1-2H3,(H,75,78)/b20-18-,26-24-,44-14+,60-56+. The van der Waals surface area contributed by atoms with Gasteiger partial charge in [-0.25, -0.2) is 0 Å². The van der Waals surface area contributed by atoms with E-state index in [2.05, 4.69) is 55.6 Å². The van der Waals surface area contributed by atoms with Gasteiger partial charge in [0.15, 0.2) is 6.29 Å². The van der Waals surface area contributed by atoms with Crippen LogP contribution in [0.25, 0.3) is 0 Å². The van der Waals surface area contributed by atoms with Gasteiger partial charge in [0.25, 0.3) is 0 Å². The lowest BCUT2D eigenvalue weighted by molar-refractivity contribution is -0.302. The SMILES string of the molecule is CCCCCC/C=C/CC/C=C/C(O)C(COC1OC(CO)C(O)C(O)C1O)NC(=O)CCCCCCCCCCCCCCCCCCC/C=C\C/C=C\CCCCCCCCCCCCCOC(=O)CCCCCCCCCCCCCC. The van der Waals surface area contributed by atoms with E-state index in [1.807, 2.05) is 6.08 Å². The van der Waals surface area contributed by atoms with Crippen LogP contribution in [0.1, 0.15) is 348 Å². The molecule has 11 heteroatoms. The van der Waals surface area contributed by atoms with Crippen molar-refractivity contribution in [2.24, 2.45) is 0 Å². The van der Waals surface area contributed by atoms with E-state index >= 15 is 0 Å². The lowest BCUT2D eigenvalue weighted by Crippen LogP contribution is -2.60. The number of unbranched alkanes of at least 4 members (excludes halogenated alkanes) is 44. The molecule has 1 heterocycles. The van der Waals surface area contributed by atoms with Crippen LogP contribution in [0.5, 0.6) is 0 Å². The van der Waals surface area contributed by atoms with E-state index in [1.165, 1.54) is 263 Å². The normalized spacial score (nSPS) is 18.2. The number of allylic oxidation sites excluding steroid dienone is 7. The molecule has 1 amide bonds. The van der Waals surface area contributed by atoms with Gasteiger partial charge in [-0.2, -0.15) is 0 Å². The van der Waals surface area contributed by atoms with Crippen molar-refractivity contribution in [1.82, 2.24) is 5.32 Å². The van der Waals surface area contributed by atoms with E-state index in [4.69, 9.17) is 14.2 Å². The maximum Gasteiger partial charge on any atom is 0.305 e. The van der Waals surface area contributed by atoms with Gasteiger partial charge in [-0.3, -0.25) is 9.59 Å². The van der Waals surface area contributed by atoms with Crippen molar-refractivity contribution in [3.8, 4) is 0 Å². The Morgan fingerprint density at radius 3 is 1.25 bits per heavy atom. The van der Waals surface area contributed by atoms with Crippen molar-refractivity contribution in [2.45, 2.75) is 391 Å². The molecule has 85 heavy (non-hydrogen) atoms. The van der Waals surface area contributed by atoms with Crippen LogP contribution in [0.4, 0.5) is 0 Å². The number of esters is 1. The quantitative estimate of drug-likeness (QED) is 0.0195. The number of rotatable bonds is 64. The van der Waals surface area contributed by atoms with Gasteiger partial charge in [0.05, 0.1) is 32.0 Å². The summed E-state index contributed by atoms with van der Waals surface area (Å²) in [7, 11) is 0. The van der Waals surface area contributed by atoms with Crippen LogP contribution in [0.3, 0.4) is 0 Å². The molecule has 498 valence electrons. The van der Waals surface area contributed by atoms with Gasteiger partial charge in [0.2, 0.25) is 5.91 Å². The molecule has 11 nitrogen and oxygen atoms in total. The number of hydrogen-bond acceptors (Lipinski definition) is 10. The Morgan fingerprint density at radius 1 is 0.435 bits per heavy atom.